The van der Waals surface area contributed by atoms with Crippen LogP contribution in [0.5, 0.6) is 0 Å². The third kappa shape index (κ3) is 3.10. The van der Waals surface area contributed by atoms with Crippen LogP contribution in [0.3, 0.4) is 0 Å². The van der Waals surface area contributed by atoms with E-state index in [0.717, 1.165) is 17.1 Å². The van der Waals surface area contributed by atoms with Gasteiger partial charge < -0.3 is 0 Å². The summed E-state index contributed by atoms with van der Waals surface area (Å²) in [5.41, 5.74) is 2.22. The van der Waals surface area contributed by atoms with Crippen LogP contribution >= 0.6 is 11.6 Å². The van der Waals surface area contributed by atoms with Crippen LogP contribution in [0.4, 0.5) is 0 Å². The summed E-state index contributed by atoms with van der Waals surface area (Å²) < 4.78 is 0. The van der Waals surface area contributed by atoms with E-state index in [4.69, 9.17) is 11.6 Å². The molecule has 3 nitrogen and oxygen atoms in total. The minimum absolute atomic E-state index is 0.552. The zero-order valence-corrected chi connectivity index (χ0v) is 11.5. The van der Waals surface area contributed by atoms with Gasteiger partial charge in [0.25, 0.3) is 0 Å². The van der Waals surface area contributed by atoms with Gasteiger partial charge >= 0.3 is 0 Å². The van der Waals surface area contributed by atoms with Gasteiger partial charge in [-0.25, -0.2) is 9.97 Å². The second-order valence-corrected chi connectivity index (χ2v) is 5.44. The Kier molecular flexibility index (Phi) is 3.74. The van der Waals surface area contributed by atoms with Crippen molar-refractivity contribution in [1.82, 2.24) is 15.0 Å². The lowest BCUT2D eigenvalue weighted by Gasteiger charge is -2.10. The molecule has 0 amide bonds. The van der Waals surface area contributed by atoms with Crippen LogP contribution in [0.2, 0.25) is 5.15 Å². The van der Waals surface area contributed by atoms with Gasteiger partial charge in [-0.3, -0.25) is 4.98 Å². The molecule has 1 aliphatic rings. The largest absolute Gasteiger partial charge is 0.264 e. The van der Waals surface area contributed by atoms with Gasteiger partial charge in [-0.05, 0) is 30.5 Å². The number of rotatable bonds is 3. The van der Waals surface area contributed by atoms with E-state index in [1.807, 2.05) is 24.4 Å². The highest BCUT2D eigenvalue weighted by Crippen LogP contribution is 2.33. The fraction of sp³-hybridized carbons (Fsp3) is 0.400. The maximum absolute atomic E-state index is 6.13. The SMILES string of the molecule is Clc1cc(C2CCCC2)nc(Cc2cccnc2)n1. The van der Waals surface area contributed by atoms with Crippen molar-refractivity contribution in [3.05, 3.63) is 52.8 Å². The summed E-state index contributed by atoms with van der Waals surface area (Å²) in [6.45, 7) is 0. The molecule has 1 saturated carbocycles. The van der Waals surface area contributed by atoms with E-state index in [9.17, 15) is 0 Å². The van der Waals surface area contributed by atoms with Gasteiger partial charge in [0.05, 0.1) is 0 Å². The Morgan fingerprint density at radius 1 is 1.21 bits per heavy atom. The van der Waals surface area contributed by atoms with Crippen LogP contribution in [0.1, 0.15) is 48.7 Å². The Labute approximate surface area is 118 Å². The van der Waals surface area contributed by atoms with Crippen LogP contribution in [0, 0.1) is 0 Å². The molecule has 2 aromatic heterocycles. The molecule has 4 heteroatoms. The first-order valence-electron chi connectivity index (χ1n) is 6.73. The van der Waals surface area contributed by atoms with Gasteiger partial charge in [0, 0.05) is 30.4 Å². The van der Waals surface area contributed by atoms with Crippen LogP contribution in [-0.2, 0) is 6.42 Å². The topological polar surface area (TPSA) is 38.7 Å². The molecule has 98 valence electrons. The van der Waals surface area contributed by atoms with Crippen molar-refractivity contribution >= 4 is 11.6 Å². The molecule has 0 unspecified atom stereocenters. The summed E-state index contributed by atoms with van der Waals surface area (Å²) in [5.74, 6) is 1.36. The van der Waals surface area contributed by atoms with Crippen molar-refractivity contribution in [2.75, 3.05) is 0 Å². The molecule has 0 bridgehead atoms. The van der Waals surface area contributed by atoms with Crippen molar-refractivity contribution in [1.29, 1.82) is 0 Å². The van der Waals surface area contributed by atoms with Gasteiger partial charge in [0.15, 0.2) is 0 Å². The predicted molar refractivity (Wildman–Crippen MR) is 75.3 cm³/mol. The highest BCUT2D eigenvalue weighted by atomic mass is 35.5. The Morgan fingerprint density at radius 2 is 2.05 bits per heavy atom. The average molecular weight is 274 g/mol. The number of hydrogen-bond acceptors (Lipinski definition) is 3. The third-order valence-electron chi connectivity index (χ3n) is 3.62. The molecule has 0 atom stereocenters. The van der Waals surface area contributed by atoms with Gasteiger partial charge in [0.1, 0.15) is 11.0 Å². The summed E-state index contributed by atoms with van der Waals surface area (Å²) in [5, 5.41) is 0.552. The second-order valence-electron chi connectivity index (χ2n) is 5.05. The zero-order chi connectivity index (χ0) is 13.1. The fourth-order valence-corrected chi connectivity index (χ4v) is 2.89. The lowest BCUT2D eigenvalue weighted by Crippen LogP contribution is -2.04. The molecule has 0 radical (unpaired) electrons. The van der Waals surface area contributed by atoms with Crippen molar-refractivity contribution in [3.63, 3.8) is 0 Å². The van der Waals surface area contributed by atoms with Crippen molar-refractivity contribution in [3.8, 4) is 0 Å². The Hall–Kier alpha value is -1.48. The first-order chi connectivity index (χ1) is 9.31. The van der Waals surface area contributed by atoms with E-state index in [1.54, 1.807) is 6.20 Å². The molecule has 0 saturated heterocycles. The van der Waals surface area contributed by atoms with Gasteiger partial charge in [-0.2, -0.15) is 0 Å². The van der Waals surface area contributed by atoms with Crippen LogP contribution in [-0.4, -0.2) is 15.0 Å². The molecular weight excluding hydrogens is 258 g/mol. The normalized spacial score (nSPS) is 15.8. The minimum atomic E-state index is 0.552. The molecule has 1 aliphatic carbocycles. The number of hydrogen-bond donors (Lipinski definition) is 0. The monoisotopic (exact) mass is 273 g/mol. The van der Waals surface area contributed by atoms with Crippen LogP contribution < -0.4 is 0 Å². The lowest BCUT2D eigenvalue weighted by molar-refractivity contribution is 0.686. The van der Waals surface area contributed by atoms with E-state index in [0.29, 0.717) is 17.5 Å². The summed E-state index contributed by atoms with van der Waals surface area (Å²) in [6.07, 6.45) is 9.34. The fourth-order valence-electron chi connectivity index (χ4n) is 2.68. The highest BCUT2D eigenvalue weighted by molar-refractivity contribution is 6.29. The molecule has 3 rings (SSSR count). The molecule has 2 heterocycles. The average Bonchev–Trinajstić information content (AvgIpc) is 2.93. The second kappa shape index (κ2) is 5.66. The molecule has 0 aromatic carbocycles. The van der Waals surface area contributed by atoms with Gasteiger partial charge in [-0.1, -0.05) is 30.5 Å². The van der Waals surface area contributed by atoms with Crippen molar-refractivity contribution in [2.24, 2.45) is 0 Å². The van der Waals surface area contributed by atoms with Gasteiger partial charge in [0.2, 0.25) is 0 Å². The first kappa shape index (κ1) is 12.5. The number of halogens is 1. The molecular formula is C15H16ClN3. The van der Waals surface area contributed by atoms with E-state index in [2.05, 4.69) is 15.0 Å². The predicted octanol–water partition coefficient (Wildman–Crippen LogP) is 3.77. The molecule has 2 aromatic rings. The standard InChI is InChI=1S/C15H16ClN3/c16-14-9-13(12-5-1-2-6-12)18-15(19-14)8-11-4-3-7-17-10-11/h3-4,7,9-10,12H,1-2,5-6,8H2. The van der Waals surface area contributed by atoms with Crippen LogP contribution in [0.25, 0.3) is 0 Å². The maximum atomic E-state index is 6.13. The number of nitrogens with zero attached hydrogens (tertiary/aromatic N) is 3. The number of aromatic nitrogens is 3. The Morgan fingerprint density at radius 3 is 2.79 bits per heavy atom. The Balaban J connectivity index is 1.85. The quantitative estimate of drug-likeness (QED) is 0.799. The molecule has 0 spiro atoms. The molecule has 1 fully saturated rings. The van der Waals surface area contributed by atoms with E-state index in [-0.39, 0.29) is 0 Å². The van der Waals surface area contributed by atoms with Crippen molar-refractivity contribution in [2.45, 2.75) is 38.0 Å². The molecule has 0 N–H and O–H groups in total. The summed E-state index contributed by atoms with van der Waals surface area (Å²) in [6, 6.07) is 5.88. The van der Waals surface area contributed by atoms with E-state index in [1.165, 1.54) is 25.7 Å². The minimum Gasteiger partial charge on any atom is -0.264 e. The Bertz CT molecular complexity index is 551. The maximum Gasteiger partial charge on any atom is 0.134 e. The summed E-state index contributed by atoms with van der Waals surface area (Å²) >= 11 is 6.13. The number of pyridine rings is 1. The van der Waals surface area contributed by atoms with Gasteiger partial charge in [-0.15, -0.1) is 0 Å². The van der Waals surface area contributed by atoms with E-state index < -0.39 is 0 Å². The zero-order valence-electron chi connectivity index (χ0n) is 10.7. The summed E-state index contributed by atoms with van der Waals surface area (Å²) in [7, 11) is 0. The smallest absolute Gasteiger partial charge is 0.134 e. The lowest BCUT2D eigenvalue weighted by atomic mass is 10.0. The third-order valence-corrected chi connectivity index (χ3v) is 3.81. The molecule has 0 aliphatic heterocycles. The van der Waals surface area contributed by atoms with E-state index >= 15 is 0 Å². The highest BCUT2D eigenvalue weighted by Gasteiger charge is 2.19. The van der Waals surface area contributed by atoms with Crippen LogP contribution in [0.15, 0.2) is 30.6 Å². The summed E-state index contributed by atoms with van der Waals surface area (Å²) in [4.78, 5) is 13.1. The first-order valence-corrected chi connectivity index (χ1v) is 7.11. The molecule has 19 heavy (non-hydrogen) atoms. The van der Waals surface area contributed by atoms with Crippen molar-refractivity contribution < 1.29 is 0 Å².